The lowest BCUT2D eigenvalue weighted by Gasteiger charge is -2.21. The van der Waals surface area contributed by atoms with Gasteiger partial charge in [-0.2, -0.15) is 0 Å². The molecule has 0 saturated carbocycles. The standard InChI is InChI=1S/C14H21N/c1-9-6-10(2)13-11(7-9)12(15-5)8-14(13,3)4/h6-7,12,15H,8H2,1-5H3. The lowest BCUT2D eigenvalue weighted by Crippen LogP contribution is -2.17. The molecule has 1 aromatic carbocycles. The van der Waals surface area contributed by atoms with Gasteiger partial charge in [-0.3, -0.25) is 0 Å². The molecule has 1 atom stereocenters. The van der Waals surface area contributed by atoms with E-state index in [4.69, 9.17) is 0 Å². The van der Waals surface area contributed by atoms with Crippen molar-refractivity contribution in [2.24, 2.45) is 0 Å². The van der Waals surface area contributed by atoms with Gasteiger partial charge in [-0.25, -0.2) is 0 Å². The second-order valence-corrected chi connectivity index (χ2v) is 5.48. The average molecular weight is 203 g/mol. The van der Waals surface area contributed by atoms with Crippen LogP contribution in [-0.4, -0.2) is 7.05 Å². The van der Waals surface area contributed by atoms with Crippen LogP contribution >= 0.6 is 0 Å². The van der Waals surface area contributed by atoms with Gasteiger partial charge in [-0.15, -0.1) is 0 Å². The highest BCUT2D eigenvalue weighted by Gasteiger charge is 2.37. The van der Waals surface area contributed by atoms with Crippen LogP contribution in [0.15, 0.2) is 12.1 Å². The van der Waals surface area contributed by atoms with E-state index in [0.29, 0.717) is 11.5 Å². The summed E-state index contributed by atoms with van der Waals surface area (Å²) in [7, 11) is 2.06. The van der Waals surface area contributed by atoms with Gasteiger partial charge in [-0.1, -0.05) is 31.5 Å². The van der Waals surface area contributed by atoms with Gasteiger partial charge in [0.15, 0.2) is 0 Å². The Hall–Kier alpha value is -0.820. The predicted octanol–water partition coefficient (Wildman–Crippen LogP) is 3.25. The Bertz CT molecular complexity index is 391. The molecule has 0 aliphatic heterocycles. The Morgan fingerprint density at radius 1 is 1.27 bits per heavy atom. The van der Waals surface area contributed by atoms with Crippen molar-refractivity contribution >= 4 is 0 Å². The maximum Gasteiger partial charge on any atom is 0.0328 e. The van der Waals surface area contributed by atoms with Crippen molar-refractivity contribution in [2.75, 3.05) is 7.05 Å². The van der Waals surface area contributed by atoms with Crippen molar-refractivity contribution in [1.82, 2.24) is 5.32 Å². The summed E-state index contributed by atoms with van der Waals surface area (Å²) in [6, 6.07) is 5.19. The highest BCUT2D eigenvalue weighted by atomic mass is 14.9. The predicted molar refractivity (Wildman–Crippen MR) is 65.4 cm³/mol. The molecule has 1 nitrogen and oxygen atoms in total. The van der Waals surface area contributed by atoms with E-state index < -0.39 is 0 Å². The highest BCUT2D eigenvalue weighted by molar-refractivity contribution is 5.48. The monoisotopic (exact) mass is 203 g/mol. The molecule has 0 radical (unpaired) electrons. The molecule has 0 spiro atoms. The molecule has 0 aromatic heterocycles. The van der Waals surface area contributed by atoms with Crippen LogP contribution in [0, 0.1) is 13.8 Å². The summed E-state index contributed by atoms with van der Waals surface area (Å²) in [6.07, 6.45) is 1.21. The smallest absolute Gasteiger partial charge is 0.0328 e. The Kier molecular flexibility index (Phi) is 2.38. The molecule has 0 heterocycles. The Morgan fingerprint density at radius 2 is 1.93 bits per heavy atom. The van der Waals surface area contributed by atoms with Gasteiger partial charge < -0.3 is 5.32 Å². The molecule has 82 valence electrons. The first-order valence-electron chi connectivity index (χ1n) is 5.74. The summed E-state index contributed by atoms with van der Waals surface area (Å²) in [6.45, 7) is 9.13. The molecule has 1 unspecified atom stereocenters. The topological polar surface area (TPSA) is 12.0 Å². The number of hydrogen-bond acceptors (Lipinski definition) is 1. The fourth-order valence-corrected chi connectivity index (χ4v) is 3.18. The first-order chi connectivity index (χ1) is 6.95. The van der Waals surface area contributed by atoms with E-state index in [1.165, 1.54) is 23.1 Å². The Morgan fingerprint density at radius 3 is 2.53 bits per heavy atom. The first-order valence-corrected chi connectivity index (χ1v) is 5.74. The molecule has 1 aliphatic carbocycles. The summed E-state index contributed by atoms with van der Waals surface area (Å²) in [5.41, 5.74) is 6.23. The Balaban J connectivity index is 2.64. The number of aryl methyl sites for hydroxylation is 2. The van der Waals surface area contributed by atoms with E-state index in [1.54, 1.807) is 5.56 Å². The van der Waals surface area contributed by atoms with Crippen molar-refractivity contribution in [3.8, 4) is 0 Å². The second-order valence-electron chi connectivity index (χ2n) is 5.48. The van der Waals surface area contributed by atoms with Crippen molar-refractivity contribution in [2.45, 2.75) is 45.6 Å². The SMILES string of the molecule is CNC1CC(C)(C)c2c(C)cc(C)cc21. The lowest BCUT2D eigenvalue weighted by atomic mass is 9.83. The third kappa shape index (κ3) is 1.59. The van der Waals surface area contributed by atoms with Gasteiger partial charge in [0.05, 0.1) is 0 Å². The van der Waals surface area contributed by atoms with Crippen LogP contribution in [0.5, 0.6) is 0 Å². The first kappa shape index (κ1) is 10.7. The van der Waals surface area contributed by atoms with Gasteiger partial charge in [-0.05, 0) is 49.4 Å². The highest BCUT2D eigenvalue weighted by Crippen LogP contribution is 2.46. The van der Waals surface area contributed by atoms with E-state index in [9.17, 15) is 0 Å². The summed E-state index contributed by atoms with van der Waals surface area (Å²) >= 11 is 0. The molecule has 0 bridgehead atoms. The Labute approximate surface area is 92.9 Å². The molecule has 1 N–H and O–H groups in total. The van der Waals surface area contributed by atoms with Gasteiger partial charge in [0.2, 0.25) is 0 Å². The normalized spacial score (nSPS) is 22.9. The van der Waals surface area contributed by atoms with Crippen LogP contribution in [0.25, 0.3) is 0 Å². The fourth-order valence-electron chi connectivity index (χ4n) is 3.18. The molecule has 0 saturated heterocycles. The third-order valence-corrected chi connectivity index (χ3v) is 3.63. The van der Waals surface area contributed by atoms with E-state index in [2.05, 4.69) is 52.2 Å². The molecule has 0 amide bonds. The summed E-state index contributed by atoms with van der Waals surface area (Å²) < 4.78 is 0. The van der Waals surface area contributed by atoms with Gasteiger partial charge >= 0.3 is 0 Å². The number of fused-ring (bicyclic) bond motifs is 1. The van der Waals surface area contributed by atoms with Crippen molar-refractivity contribution < 1.29 is 0 Å². The van der Waals surface area contributed by atoms with Crippen molar-refractivity contribution in [3.05, 3.63) is 34.4 Å². The van der Waals surface area contributed by atoms with E-state index >= 15 is 0 Å². The maximum absolute atomic E-state index is 3.43. The largest absolute Gasteiger partial charge is 0.313 e. The van der Waals surface area contributed by atoms with E-state index in [-0.39, 0.29) is 0 Å². The number of benzene rings is 1. The molecular weight excluding hydrogens is 182 g/mol. The van der Waals surface area contributed by atoms with Crippen LogP contribution in [0.2, 0.25) is 0 Å². The zero-order valence-electron chi connectivity index (χ0n) is 10.4. The van der Waals surface area contributed by atoms with Crippen molar-refractivity contribution in [1.29, 1.82) is 0 Å². The van der Waals surface area contributed by atoms with Crippen molar-refractivity contribution in [3.63, 3.8) is 0 Å². The van der Waals surface area contributed by atoms with Crippen LogP contribution in [-0.2, 0) is 5.41 Å². The van der Waals surface area contributed by atoms with Crippen LogP contribution in [0.1, 0.15) is 48.6 Å². The van der Waals surface area contributed by atoms with Crippen LogP contribution < -0.4 is 5.32 Å². The molecular formula is C14H21N. The fraction of sp³-hybridized carbons (Fsp3) is 0.571. The summed E-state index contributed by atoms with van der Waals surface area (Å²) in [5.74, 6) is 0. The van der Waals surface area contributed by atoms with E-state index in [0.717, 1.165) is 0 Å². The maximum atomic E-state index is 3.43. The number of rotatable bonds is 1. The van der Waals surface area contributed by atoms with Crippen LogP contribution in [0.3, 0.4) is 0 Å². The zero-order chi connectivity index (χ0) is 11.2. The average Bonchev–Trinajstić information content (AvgIpc) is 2.37. The molecule has 2 rings (SSSR count). The number of nitrogens with one attached hydrogen (secondary N) is 1. The van der Waals surface area contributed by atoms with Crippen LogP contribution in [0.4, 0.5) is 0 Å². The molecule has 15 heavy (non-hydrogen) atoms. The summed E-state index contributed by atoms with van der Waals surface area (Å²) in [5, 5.41) is 3.43. The van der Waals surface area contributed by atoms with E-state index in [1.807, 2.05) is 0 Å². The third-order valence-electron chi connectivity index (χ3n) is 3.63. The minimum atomic E-state index is 0.320. The lowest BCUT2D eigenvalue weighted by molar-refractivity contribution is 0.446. The molecule has 1 aliphatic rings. The minimum absolute atomic E-state index is 0.320. The van der Waals surface area contributed by atoms with Gasteiger partial charge in [0, 0.05) is 6.04 Å². The molecule has 1 heteroatoms. The summed E-state index contributed by atoms with van der Waals surface area (Å²) in [4.78, 5) is 0. The number of hydrogen-bond donors (Lipinski definition) is 1. The molecule has 0 fully saturated rings. The molecule has 1 aromatic rings. The van der Waals surface area contributed by atoms with Gasteiger partial charge in [0.1, 0.15) is 0 Å². The quantitative estimate of drug-likeness (QED) is 0.739. The zero-order valence-corrected chi connectivity index (χ0v) is 10.4. The second kappa shape index (κ2) is 3.34. The van der Waals surface area contributed by atoms with Gasteiger partial charge in [0.25, 0.3) is 0 Å². The minimum Gasteiger partial charge on any atom is -0.313 e.